The molecule has 0 bridgehead atoms. The Hall–Kier alpha value is -1.29. The van der Waals surface area contributed by atoms with Crippen LogP contribution in [0.1, 0.15) is 33.6 Å². The van der Waals surface area contributed by atoms with Gasteiger partial charge >= 0.3 is 0 Å². The minimum absolute atomic E-state index is 0.0342. The number of nitrogens with two attached hydrogens (primary N) is 1. The molecular weight excluding hydrogens is 332 g/mol. The summed E-state index contributed by atoms with van der Waals surface area (Å²) in [4.78, 5) is 19.1. The summed E-state index contributed by atoms with van der Waals surface area (Å²) >= 11 is 1.47. The van der Waals surface area contributed by atoms with Crippen LogP contribution in [0.15, 0.2) is 9.95 Å². The lowest BCUT2D eigenvalue weighted by molar-refractivity contribution is -0.162. The van der Waals surface area contributed by atoms with Crippen molar-refractivity contribution in [3.63, 3.8) is 0 Å². The molecule has 0 amide bonds. The fourth-order valence-corrected chi connectivity index (χ4v) is 3.83. The average molecular weight is 356 g/mol. The van der Waals surface area contributed by atoms with Gasteiger partial charge in [0.2, 0.25) is 0 Å². The highest BCUT2D eigenvalue weighted by molar-refractivity contribution is 7.99. The number of hydrogen-bond donors (Lipinski definition) is 4. The lowest BCUT2D eigenvalue weighted by atomic mass is 10.2. The topological polar surface area (TPSA) is 122 Å². The van der Waals surface area contributed by atoms with Gasteiger partial charge in [-0.25, -0.2) is 4.98 Å². The summed E-state index contributed by atoms with van der Waals surface area (Å²) in [6.45, 7) is 5.68. The van der Waals surface area contributed by atoms with Crippen LogP contribution in [0.4, 0.5) is 11.5 Å². The highest BCUT2D eigenvalue weighted by atomic mass is 32.2. The summed E-state index contributed by atoms with van der Waals surface area (Å²) in [6, 6.07) is -0.229. The third kappa shape index (κ3) is 3.39. The monoisotopic (exact) mass is 356 g/mol. The third-order valence-electron chi connectivity index (χ3n) is 4.13. The molecule has 0 radical (unpaired) electrons. The van der Waals surface area contributed by atoms with E-state index in [4.69, 9.17) is 15.2 Å². The Morgan fingerprint density at radius 3 is 2.88 bits per heavy atom. The molecule has 1 aliphatic carbocycles. The molecule has 1 saturated carbocycles. The van der Waals surface area contributed by atoms with Crippen molar-refractivity contribution < 1.29 is 14.6 Å². The normalized spacial score (nSPS) is 31.2. The van der Waals surface area contributed by atoms with Crippen LogP contribution in [0.2, 0.25) is 0 Å². The van der Waals surface area contributed by atoms with Crippen LogP contribution in [0, 0.1) is 0 Å². The van der Waals surface area contributed by atoms with E-state index in [1.165, 1.54) is 11.8 Å². The first-order valence-corrected chi connectivity index (χ1v) is 9.12. The van der Waals surface area contributed by atoms with Crippen molar-refractivity contribution in [2.45, 2.75) is 68.9 Å². The van der Waals surface area contributed by atoms with Crippen LogP contribution in [0.3, 0.4) is 0 Å². The van der Waals surface area contributed by atoms with Crippen molar-refractivity contribution in [3.05, 3.63) is 10.4 Å². The van der Waals surface area contributed by atoms with Crippen molar-refractivity contribution in [1.82, 2.24) is 9.97 Å². The number of nitrogen functional groups attached to an aromatic ring is 1. The Morgan fingerprint density at radius 1 is 1.46 bits per heavy atom. The van der Waals surface area contributed by atoms with E-state index in [0.717, 1.165) is 12.2 Å². The molecule has 2 heterocycles. The summed E-state index contributed by atoms with van der Waals surface area (Å²) in [5, 5.41) is 13.9. The van der Waals surface area contributed by atoms with Crippen molar-refractivity contribution in [2.75, 3.05) is 16.8 Å². The zero-order chi connectivity index (χ0) is 17.5. The number of aliphatic hydroxyl groups is 1. The molecule has 9 heteroatoms. The van der Waals surface area contributed by atoms with Gasteiger partial charge in [-0.3, -0.25) is 9.78 Å². The maximum atomic E-state index is 12.0. The number of rotatable bonds is 5. The quantitative estimate of drug-likeness (QED) is 0.454. The van der Waals surface area contributed by atoms with Crippen LogP contribution >= 0.6 is 11.8 Å². The predicted octanol–water partition coefficient (Wildman–Crippen LogP) is 0.919. The molecular formula is C15H24N4O4S. The number of hydrogen-bond acceptors (Lipinski definition) is 8. The third-order valence-corrected chi connectivity index (χ3v) is 5.21. The number of H-pyrrole nitrogens is 1. The number of thioether (sulfide) groups is 1. The van der Waals surface area contributed by atoms with Gasteiger partial charge in [0, 0.05) is 5.75 Å². The van der Waals surface area contributed by atoms with Crippen LogP contribution in [0.5, 0.6) is 0 Å². The molecule has 8 nitrogen and oxygen atoms in total. The highest BCUT2D eigenvalue weighted by Gasteiger charge is 2.53. The maximum Gasteiger partial charge on any atom is 0.276 e. The maximum absolute atomic E-state index is 12.0. The first-order chi connectivity index (χ1) is 11.3. The van der Waals surface area contributed by atoms with Crippen molar-refractivity contribution in [3.8, 4) is 0 Å². The van der Waals surface area contributed by atoms with Crippen LogP contribution in [-0.2, 0) is 9.47 Å². The van der Waals surface area contributed by atoms with Crippen molar-refractivity contribution >= 4 is 23.3 Å². The molecule has 0 spiro atoms. The van der Waals surface area contributed by atoms with Gasteiger partial charge in [-0.1, -0.05) is 18.7 Å². The largest absolute Gasteiger partial charge is 0.391 e. The summed E-state index contributed by atoms with van der Waals surface area (Å²) in [6.07, 6.45) is 0.0697. The fourth-order valence-electron chi connectivity index (χ4n) is 3.11. The summed E-state index contributed by atoms with van der Waals surface area (Å²) in [7, 11) is 0. The minimum atomic E-state index is -0.744. The fraction of sp³-hybridized carbons (Fsp3) is 0.733. The summed E-state index contributed by atoms with van der Waals surface area (Å²) in [5.41, 5.74) is 5.53. The first-order valence-electron chi connectivity index (χ1n) is 8.13. The van der Waals surface area contributed by atoms with E-state index in [-0.39, 0.29) is 23.4 Å². The average Bonchev–Trinajstić information content (AvgIpc) is 2.97. The summed E-state index contributed by atoms with van der Waals surface area (Å²) in [5.74, 6) is 0.430. The molecule has 1 saturated heterocycles. The van der Waals surface area contributed by atoms with Gasteiger partial charge in [0.25, 0.3) is 5.56 Å². The molecule has 134 valence electrons. The second-order valence-electron chi connectivity index (χ2n) is 6.60. The van der Waals surface area contributed by atoms with Gasteiger partial charge in [0.15, 0.2) is 16.8 Å². The molecule has 2 aliphatic rings. The second kappa shape index (κ2) is 6.55. The number of anilines is 2. The lowest BCUT2D eigenvalue weighted by Gasteiger charge is -2.23. The molecule has 0 aromatic carbocycles. The van der Waals surface area contributed by atoms with Gasteiger partial charge < -0.3 is 25.6 Å². The number of aromatic nitrogens is 2. The van der Waals surface area contributed by atoms with E-state index in [2.05, 4.69) is 22.2 Å². The predicted molar refractivity (Wildman–Crippen MR) is 92.1 cm³/mol. The zero-order valence-electron chi connectivity index (χ0n) is 14.0. The minimum Gasteiger partial charge on any atom is -0.391 e. The van der Waals surface area contributed by atoms with Crippen molar-refractivity contribution in [1.29, 1.82) is 0 Å². The molecule has 2 fully saturated rings. The van der Waals surface area contributed by atoms with Crippen molar-refractivity contribution in [2.24, 2.45) is 0 Å². The Kier molecular flexibility index (Phi) is 4.78. The standard InChI is InChI=1S/C15H24N4O4S/c1-4-5-24-14-18-12(9(16)13(21)19-14)17-7-6-8(20)11-10(7)22-15(2,3)23-11/h7-8,10-11,20H,4-6,16H2,1-3H3,(H2,17,18,19,21)/t7-,8+,10+,11-/m1/s1. The number of nitrogens with zero attached hydrogens (tertiary/aromatic N) is 1. The molecule has 4 atom stereocenters. The Bertz CT molecular complexity index is 665. The first kappa shape index (κ1) is 17.5. The van der Waals surface area contributed by atoms with Gasteiger partial charge in [-0.05, 0) is 26.7 Å². The van der Waals surface area contributed by atoms with Gasteiger partial charge in [0.1, 0.15) is 17.9 Å². The van der Waals surface area contributed by atoms with E-state index >= 15 is 0 Å². The number of ether oxygens (including phenoxy) is 2. The molecule has 0 unspecified atom stereocenters. The Balaban J connectivity index is 1.81. The number of aliphatic hydroxyl groups excluding tert-OH is 1. The van der Waals surface area contributed by atoms with E-state index in [1.54, 1.807) is 0 Å². The molecule has 24 heavy (non-hydrogen) atoms. The van der Waals surface area contributed by atoms with Crippen LogP contribution in [0.25, 0.3) is 0 Å². The molecule has 1 aromatic heterocycles. The van der Waals surface area contributed by atoms with Crippen LogP contribution < -0.4 is 16.6 Å². The lowest BCUT2D eigenvalue weighted by Crippen LogP contribution is -2.35. The van der Waals surface area contributed by atoms with Gasteiger partial charge in [-0.2, -0.15) is 0 Å². The molecule has 3 rings (SSSR count). The van der Waals surface area contributed by atoms with E-state index in [9.17, 15) is 9.90 Å². The van der Waals surface area contributed by atoms with E-state index in [0.29, 0.717) is 17.4 Å². The molecule has 5 N–H and O–H groups in total. The number of nitrogens with one attached hydrogen (secondary N) is 2. The molecule has 1 aliphatic heterocycles. The highest BCUT2D eigenvalue weighted by Crippen LogP contribution is 2.39. The van der Waals surface area contributed by atoms with E-state index in [1.807, 2.05) is 13.8 Å². The van der Waals surface area contributed by atoms with Gasteiger partial charge in [-0.15, -0.1) is 0 Å². The summed E-state index contributed by atoms with van der Waals surface area (Å²) < 4.78 is 11.6. The number of fused-ring (bicyclic) bond motifs is 1. The van der Waals surface area contributed by atoms with Gasteiger partial charge in [0.05, 0.1) is 12.1 Å². The Labute approximate surface area is 144 Å². The van der Waals surface area contributed by atoms with E-state index < -0.39 is 18.0 Å². The SMILES string of the molecule is CCCSc1nc(N[C@@H]2C[C@H](O)[C@H]3OC(C)(C)O[C@H]32)c(N)c(=O)[nH]1. The second-order valence-corrected chi connectivity index (χ2v) is 7.68. The number of aromatic amines is 1. The Morgan fingerprint density at radius 2 is 2.17 bits per heavy atom. The smallest absolute Gasteiger partial charge is 0.276 e. The molecule has 1 aromatic rings. The zero-order valence-corrected chi connectivity index (χ0v) is 14.9. The van der Waals surface area contributed by atoms with Crippen LogP contribution in [-0.4, -0.2) is 51.0 Å².